The van der Waals surface area contributed by atoms with Crippen LogP contribution in [0.2, 0.25) is 0 Å². The highest BCUT2D eigenvalue weighted by atomic mass is 32.2. The Morgan fingerprint density at radius 3 is 2.64 bits per heavy atom. The molecule has 11 heavy (non-hydrogen) atoms. The van der Waals surface area contributed by atoms with Crippen molar-refractivity contribution >= 4 is 11.8 Å². The zero-order chi connectivity index (χ0) is 7.85. The molecule has 1 heterocycles. The van der Waals surface area contributed by atoms with Gasteiger partial charge in [-0.25, -0.2) is 0 Å². The van der Waals surface area contributed by atoms with Gasteiger partial charge in [0.05, 0.1) is 0 Å². The summed E-state index contributed by atoms with van der Waals surface area (Å²) in [4.78, 5) is 0. The lowest BCUT2D eigenvalue weighted by atomic mass is 9.91. The Morgan fingerprint density at radius 1 is 1.27 bits per heavy atom. The highest BCUT2D eigenvalue weighted by molar-refractivity contribution is 8.09. The fourth-order valence-electron chi connectivity index (χ4n) is 3.53. The Labute approximate surface area is 73.1 Å². The number of hydrogen-bond acceptors (Lipinski definition) is 1. The SMILES string of the molecule is CC1CCC2C(C)(C)C23SC13. The number of hydrogen-bond donors (Lipinski definition) is 0. The van der Waals surface area contributed by atoms with Crippen molar-refractivity contribution in [3.63, 3.8) is 0 Å². The van der Waals surface area contributed by atoms with Crippen molar-refractivity contribution < 1.29 is 0 Å². The maximum Gasteiger partial charge on any atom is 0.0372 e. The van der Waals surface area contributed by atoms with Crippen molar-refractivity contribution in [1.29, 1.82) is 0 Å². The van der Waals surface area contributed by atoms with Gasteiger partial charge in [0.25, 0.3) is 0 Å². The maximum absolute atomic E-state index is 2.47. The highest BCUT2D eigenvalue weighted by Crippen LogP contribution is 2.87. The predicted molar refractivity (Wildman–Crippen MR) is 49.8 cm³/mol. The first-order valence-corrected chi connectivity index (χ1v) is 5.66. The number of thioether (sulfide) groups is 1. The lowest BCUT2D eigenvalue weighted by Crippen LogP contribution is -2.14. The van der Waals surface area contributed by atoms with Crippen molar-refractivity contribution in [2.75, 3.05) is 0 Å². The summed E-state index contributed by atoms with van der Waals surface area (Å²) in [7, 11) is 0. The van der Waals surface area contributed by atoms with Crippen LogP contribution in [0.3, 0.4) is 0 Å². The fourth-order valence-corrected chi connectivity index (χ4v) is 5.92. The molecule has 3 fully saturated rings. The van der Waals surface area contributed by atoms with E-state index in [0.29, 0.717) is 5.41 Å². The maximum atomic E-state index is 2.47. The van der Waals surface area contributed by atoms with Gasteiger partial charge in [0, 0.05) is 10.00 Å². The van der Waals surface area contributed by atoms with Crippen LogP contribution in [0.4, 0.5) is 0 Å². The summed E-state index contributed by atoms with van der Waals surface area (Å²) in [5.74, 6) is 2.10. The summed E-state index contributed by atoms with van der Waals surface area (Å²) in [6, 6.07) is 0. The molecule has 0 aromatic rings. The molecule has 4 unspecified atom stereocenters. The molecule has 0 nitrogen and oxygen atoms in total. The Bertz CT molecular complexity index is 221. The molecule has 1 aliphatic heterocycles. The summed E-state index contributed by atoms with van der Waals surface area (Å²) in [6.07, 6.45) is 3.01. The molecule has 3 rings (SSSR count). The molecule has 2 aliphatic carbocycles. The third-order valence-corrected chi connectivity index (χ3v) is 6.72. The van der Waals surface area contributed by atoms with E-state index in [1.165, 1.54) is 12.8 Å². The monoisotopic (exact) mass is 168 g/mol. The molecule has 1 saturated heterocycles. The minimum atomic E-state index is 0.701. The quantitative estimate of drug-likeness (QED) is 0.501. The van der Waals surface area contributed by atoms with Gasteiger partial charge in [-0.2, -0.15) is 0 Å². The van der Waals surface area contributed by atoms with E-state index in [9.17, 15) is 0 Å². The highest BCUT2D eigenvalue weighted by Gasteiger charge is 2.85. The zero-order valence-corrected chi connectivity index (χ0v) is 8.37. The fraction of sp³-hybridized carbons (Fsp3) is 1.00. The summed E-state index contributed by atoms with van der Waals surface area (Å²) >= 11 is 2.29. The second-order valence-electron chi connectivity index (χ2n) is 5.16. The van der Waals surface area contributed by atoms with Gasteiger partial charge < -0.3 is 0 Å². The van der Waals surface area contributed by atoms with Crippen LogP contribution in [0.25, 0.3) is 0 Å². The van der Waals surface area contributed by atoms with E-state index >= 15 is 0 Å². The van der Waals surface area contributed by atoms with Gasteiger partial charge in [0.15, 0.2) is 0 Å². The molecule has 1 spiro atoms. The summed E-state index contributed by atoms with van der Waals surface area (Å²) < 4.78 is 0.796. The van der Waals surface area contributed by atoms with Crippen LogP contribution in [0.5, 0.6) is 0 Å². The molecule has 0 aromatic carbocycles. The summed E-state index contributed by atoms with van der Waals surface area (Å²) in [5, 5.41) is 1.05. The molecule has 0 radical (unpaired) electrons. The van der Waals surface area contributed by atoms with E-state index < -0.39 is 0 Å². The molecular weight excluding hydrogens is 152 g/mol. The van der Waals surface area contributed by atoms with E-state index in [1.807, 2.05) is 0 Å². The Morgan fingerprint density at radius 2 is 2.00 bits per heavy atom. The molecule has 62 valence electrons. The molecule has 1 heteroatoms. The largest absolute Gasteiger partial charge is 0.148 e. The molecule has 3 aliphatic rings. The van der Waals surface area contributed by atoms with Crippen LogP contribution < -0.4 is 0 Å². The molecule has 0 bridgehead atoms. The van der Waals surface area contributed by atoms with Gasteiger partial charge in [-0.15, -0.1) is 11.8 Å². The second kappa shape index (κ2) is 1.53. The topological polar surface area (TPSA) is 0 Å². The predicted octanol–water partition coefficient (Wildman–Crippen LogP) is 2.93. The van der Waals surface area contributed by atoms with E-state index in [4.69, 9.17) is 0 Å². The van der Waals surface area contributed by atoms with Gasteiger partial charge in [-0.05, 0) is 30.1 Å². The molecule has 2 saturated carbocycles. The van der Waals surface area contributed by atoms with E-state index in [-0.39, 0.29) is 0 Å². The van der Waals surface area contributed by atoms with Crippen molar-refractivity contribution in [3.8, 4) is 0 Å². The minimum Gasteiger partial charge on any atom is -0.148 e. The van der Waals surface area contributed by atoms with Gasteiger partial charge in [-0.1, -0.05) is 20.8 Å². The summed E-state index contributed by atoms with van der Waals surface area (Å²) in [6.45, 7) is 7.39. The standard InChI is InChI=1S/C10H16S/c1-6-4-5-7-9(2,3)10(7)8(6)11-10/h6-8H,4-5H2,1-3H3. The van der Waals surface area contributed by atoms with E-state index in [1.54, 1.807) is 0 Å². The smallest absolute Gasteiger partial charge is 0.0372 e. The molecule has 0 aromatic heterocycles. The normalized spacial score (nSPS) is 63.0. The van der Waals surface area contributed by atoms with Crippen molar-refractivity contribution in [2.45, 2.75) is 43.6 Å². The lowest BCUT2D eigenvalue weighted by Gasteiger charge is -2.12. The van der Waals surface area contributed by atoms with E-state index in [0.717, 1.165) is 21.8 Å². The molecule has 0 N–H and O–H groups in total. The van der Waals surface area contributed by atoms with Gasteiger partial charge in [0.1, 0.15) is 0 Å². The van der Waals surface area contributed by atoms with Crippen molar-refractivity contribution in [1.82, 2.24) is 0 Å². The van der Waals surface area contributed by atoms with Crippen LogP contribution >= 0.6 is 11.8 Å². The van der Waals surface area contributed by atoms with Crippen LogP contribution in [0.15, 0.2) is 0 Å². The van der Waals surface area contributed by atoms with Crippen LogP contribution in [0.1, 0.15) is 33.6 Å². The minimum absolute atomic E-state index is 0.701. The first-order valence-electron chi connectivity index (χ1n) is 4.78. The second-order valence-corrected chi connectivity index (χ2v) is 6.58. The zero-order valence-electron chi connectivity index (χ0n) is 7.55. The average molecular weight is 168 g/mol. The van der Waals surface area contributed by atoms with Crippen molar-refractivity contribution in [3.05, 3.63) is 0 Å². The molecular formula is C10H16S. The molecule has 4 atom stereocenters. The Balaban J connectivity index is 1.95. The van der Waals surface area contributed by atoms with E-state index in [2.05, 4.69) is 32.5 Å². The first-order chi connectivity index (χ1) is 5.11. The molecule has 0 amide bonds. The van der Waals surface area contributed by atoms with Gasteiger partial charge in [0.2, 0.25) is 0 Å². The lowest BCUT2D eigenvalue weighted by molar-refractivity contribution is 0.429. The van der Waals surface area contributed by atoms with Gasteiger partial charge in [-0.3, -0.25) is 0 Å². The first kappa shape index (κ1) is 6.82. The average Bonchev–Trinajstić information content (AvgIpc) is 2.72. The third kappa shape index (κ3) is 0.517. The van der Waals surface area contributed by atoms with Crippen LogP contribution in [-0.2, 0) is 0 Å². The number of rotatable bonds is 0. The third-order valence-electron chi connectivity index (χ3n) is 4.43. The summed E-state index contributed by atoms with van der Waals surface area (Å²) in [5.41, 5.74) is 0.701. The van der Waals surface area contributed by atoms with Crippen molar-refractivity contribution in [2.24, 2.45) is 17.3 Å². The Kier molecular flexibility index (Phi) is 0.946. The van der Waals surface area contributed by atoms with Gasteiger partial charge >= 0.3 is 0 Å². The van der Waals surface area contributed by atoms with Crippen LogP contribution in [-0.4, -0.2) is 10.00 Å². The van der Waals surface area contributed by atoms with Crippen LogP contribution in [0, 0.1) is 17.3 Å². The Hall–Kier alpha value is 0.350.